The van der Waals surface area contributed by atoms with Crippen LogP contribution in [-0.4, -0.2) is 19.7 Å². The van der Waals surface area contributed by atoms with Crippen LogP contribution in [0, 0.1) is 29.1 Å². The number of halogens is 8. The first kappa shape index (κ1) is 20.0. The first-order valence-electron chi connectivity index (χ1n) is 8.73. The summed E-state index contributed by atoms with van der Waals surface area (Å²) in [6.45, 7) is 0. The van der Waals surface area contributed by atoms with Crippen LogP contribution in [0.3, 0.4) is 0 Å². The molecule has 0 spiro atoms. The quantitative estimate of drug-likeness (QED) is 0.324. The van der Waals surface area contributed by atoms with Crippen LogP contribution < -0.4 is 0 Å². The van der Waals surface area contributed by atoms with Crippen LogP contribution in [0.1, 0.15) is 22.8 Å². The number of nitrogens with one attached hydrogen (secondary N) is 1. The lowest BCUT2D eigenvalue weighted by Crippen LogP contribution is -1.92. The van der Waals surface area contributed by atoms with Crippen molar-refractivity contribution in [3.63, 3.8) is 0 Å². The Balaban J connectivity index is 2.05. The summed E-state index contributed by atoms with van der Waals surface area (Å²) in [6, 6.07) is 2.77. The maximum absolute atomic E-state index is 14.8. The number of aromatic nitrogens is 4. The van der Waals surface area contributed by atoms with Gasteiger partial charge in [-0.1, -0.05) is 4.48 Å². The second-order valence-electron chi connectivity index (χ2n) is 6.74. The Kier molecular flexibility index (Phi) is 4.23. The van der Waals surface area contributed by atoms with E-state index in [1.807, 2.05) is 0 Å². The average molecular weight is 454 g/mol. The second-order valence-corrected chi connectivity index (χ2v) is 6.74. The Hall–Kier alpha value is -3.96. The molecule has 3 aromatic heterocycles. The fourth-order valence-electron chi connectivity index (χ4n) is 3.29. The van der Waals surface area contributed by atoms with E-state index in [9.17, 15) is 35.2 Å². The van der Waals surface area contributed by atoms with Crippen molar-refractivity contribution in [1.82, 2.24) is 19.7 Å². The van der Waals surface area contributed by atoms with E-state index in [1.165, 1.54) is 18.2 Å². The molecule has 32 heavy (non-hydrogen) atoms. The molecule has 2 aliphatic heterocycles. The van der Waals surface area contributed by atoms with E-state index in [2.05, 4.69) is 15.0 Å². The van der Waals surface area contributed by atoms with Crippen molar-refractivity contribution in [2.45, 2.75) is 0 Å². The van der Waals surface area contributed by atoms with Gasteiger partial charge in [0.25, 0.3) is 0 Å². The van der Waals surface area contributed by atoms with Gasteiger partial charge in [0.05, 0.1) is 11.4 Å². The first-order valence-corrected chi connectivity index (χ1v) is 8.73. The molecule has 3 aromatic rings. The molecule has 1 N–H and O–H groups in total. The molecule has 0 saturated carbocycles. The minimum Gasteiger partial charge on any atom is -0.351 e. The average Bonchev–Trinajstić information content (AvgIpc) is 3.47. The molecule has 5 rings (SSSR count). The third-order valence-corrected chi connectivity index (χ3v) is 4.77. The van der Waals surface area contributed by atoms with Crippen LogP contribution in [0.25, 0.3) is 45.9 Å². The largest absolute Gasteiger partial charge is 0.351 e. The predicted octanol–water partition coefficient (Wildman–Crippen LogP) is 6.15. The smallest absolute Gasteiger partial charge is 0.190 e. The van der Waals surface area contributed by atoms with Gasteiger partial charge in [-0.15, -0.1) is 0 Å². The molecular weight excluding hydrogens is 448 g/mol. The molecule has 0 amide bonds. The number of rotatable bonds is 0. The molecule has 162 valence electrons. The number of hydrogen-bond acceptors (Lipinski definition) is 2. The van der Waals surface area contributed by atoms with Crippen LogP contribution in [0.15, 0.2) is 18.2 Å². The van der Waals surface area contributed by atoms with Gasteiger partial charge in [0.1, 0.15) is 22.4 Å². The molecule has 5 heterocycles. The van der Waals surface area contributed by atoms with Crippen molar-refractivity contribution in [3.05, 3.63) is 70.1 Å². The minimum atomic E-state index is -2.15. The third-order valence-electron chi connectivity index (χ3n) is 4.77. The van der Waals surface area contributed by atoms with Crippen LogP contribution >= 0.6 is 0 Å². The summed E-state index contributed by atoms with van der Waals surface area (Å²) in [6.07, 6.45) is 2.61. The summed E-state index contributed by atoms with van der Waals surface area (Å²) in [5.74, 6) is -13.1. The summed E-state index contributed by atoms with van der Waals surface area (Å²) < 4.78 is 116. The highest BCUT2D eigenvalue weighted by molar-refractivity contribution is 5.87. The van der Waals surface area contributed by atoms with Crippen molar-refractivity contribution in [2.24, 2.45) is 0 Å². The fraction of sp³-hybridized carbons (Fsp3) is 0. The van der Waals surface area contributed by atoms with Crippen molar-refractivity contribution < 1.29 is 35.2 Å². The van der Waals surface area contributed by atoms with Gasteiger partial charge in [-0.3, -0.25) is 0 Å². The topological polar surface area (TPSA) is 46.5 Å². The molecule has 0 saturated heterocycles. The number of hydrogen-bond donors (Lipinski definition) is 1. The van der Waals surface area contributed by atoms with Crippen LogP contribution in [0.5, 0.6) is 0 Å². The van der Waals surface area contributed by atoms with Gasteiger partial charge in [0.2, 0.25) is 0 Å². The van der Waals surface area contributed by atoms with E-state index in [4.69, 9.17) is 0 Å². The summed E-state index contributed by atoms with van der Waals surface area (Å²) in [5, 5.41) is 0. The summed E-state index contributed by atoms with van der Waals surface area (Å²) in [7, 11) is 0. The molecule has 0 fully saturated rings. The Morgan fingerprint density at radius 1 is 0.688 bits per heavy atom. The zero-order valence-electron chi connectivity index (χ0n) is 15.3. The van der Waals surface area contributed by atoms with Gasteiger partial charge in [-0.2, -0.15) is 4.79 Å². The van der Waals surface area contributed by atoms with Crippen LogP contribution in [0.2, 0.25) is 0 Å². The maximum Gasteiger partial charge on any atom is 0.190 e. The summed E-state index contributed by atoms with van der Waals surface area (Å²) >= 11 is 0. The highest BCUT2D eigenvalue weighted by atomic mass is 19.2. The van der Waals surface area contributed by atoms with E-state index < -0.39 is 73.5 Å². The number of fused-ring (bicyclic) bond motifs is 8. The lowest BCUT2D eigenvalue weighted by Gasteiger charge is -1.94. The second kappa shape index (κ2) is 6.77. The molecule has 4 nitrogen and oxygen atoms in total. The number of H-pyrrole nitrogens is 1. The Morgan fingerprint density at radius 3 is 2.00 bits per heavy atom. The highest BCUT2D eigenvalue weighted by Crippen LogP contribution is 2.37. The Morgan fingerprint density at radius 2 is 1.31 bits per heavy atom. The molecule has 8 bridgehead atoms. The lowest BCUT2D eigenvalue weighted by atomic mass is 10.3. The van der Waals surface area contributed by atoms with Gasteiger partial charge in [-0.05, 0) is 30.4 Å². The zero-order valence-corrected chi connectivity index (χ0v) is 15.3. The van der Waals surface area contributed by atoms with Gasteiger partial charge < -0.3 is 4.98 Å². The maximum atomic E-state index is 14.8. The van der Waals surface area contributed by atoms with Gasteiger partial charge >= 0.3 is 0 Å². The van der Waals surface area contributed by atoms with E-state index in [1.54, 1.807) is 0 Å². The monoisotopic (exact) mass is 454 g/mol. The Bertz CT molecular complexity index is 1560. The fourth-order valence-corrected chi connectivity index (χ4v) is 3.29. The normalized spacial score (nSPS) is 13.4. The zero-order chi connectivity index (χ0) is 22.9. The number of aromatic amines is 1. The third kappa shape index (κ3) is 2.75. The minimum absolute atomic E-state index is 0.0526. The van der Waals surface area contributed by atoms with Crippen molar-refractivity contribution >= 4 is 45.9 Å². The summed E-state index contributed by atoms with van der Waals surface area (Å²) in [5.41, 5.74) is -6.89. The molecule has 0 atom stereocenters. The molecular formula is C20H6F8N4. The number of nitrogens with zero attached hydrogens (tertiary/aromatic N) is 3. The van der Waals surface area contributed by atoms with Crippen LogP contribution in [0.4, 0.5) is 35.2 Å². The van der Waals surface area contributed by atoms with Crippen molar-refractivity contribution in [1.29, 1.82) is 0 Å². The van der Waals surface area contributed by atoms with E-state index in [0.717, 1.165) is 12.1 Å². The van der Waals surface area contributed by atoms with E-state index >= 15 is 0 Å². The standard InChI is InChI=1S/C20H6F8N4/c21-9-4-8-3-6-1-2-7(29-6)5-10-11(22)14(25)20(32(10)28)16(27)19-13(24)12(23)18(31-19)15(26)17(9)30-8/h1-5,30H. The van der Waals surface area contributed by atoms with E-state index in [-0.39, 0.29) is 16.9 Å². The molecule has 12 heteroatoms. The predicted molar refractivity (Wildman–Crippen MR) is 98.9 cm³/mol. The summed E-state index contributed by atoms with van der Waals surface area (Å²) in [4.78, 5) is 8.56. The first-order chi connectivity index (χ1) is 15.2. The van der Waals surface area contributed by atoms with Crippen LogP contribution in [-0.2, 0) is 0 Å². The van der Waals surface area contributed by atoms with Crippen molar-refractivity contribution in [2.75, 3.05) is 0 Å². The molecule has 2 aliphatic rings. The van der Waals surface area contributed by atoms with E-state index in [0.29, 0.717) is 0 Å². The molecule has 0 aliphatic carbocycles. The highest BCUT2D eigenvalue weighted by Gasteiger charge is 2.31. The lowest BCUT2D eigenvalue weighted by molar-refractivity contribution is 0.393. The van der Waals surface area contributed by atoms with Crippen molar-refractivity contribution in [3.8, 4) is 0 Å². The van der Waals surface area contributed by atoms with Gasteiger partial charge in [0, 0.05) is 5.52 Å². The molecule has 0 radical (unpaired) electrons. The molecule has 0 aromatic carbocycles. The van der Waals surface area contributed by atoms with Gasteiger partial charge in [-0.25, -0.2) is 40.7 Å². The Labute approximate surface area is 171 Å². The molecule has 0 unspecified atom stereocenters. The van der Waals surface area contributed by atoms with Gasteiger partial charge in [0.15, 0.2) is 46.3 Å². The SMILES string of the molecule is FC1=C(F)c2nc1c(F)c1[nH]c(cc3nc(cc4c(F)c(F)c(c2F)n4F)C=C3)cc1F.